The molecule has 2 aromatic rings. The largest absolute Gasteiger partial charge is 0.333 e. The lowest BCUT2D eigenvalue weighted by atomic mass is 9.97. The quantitative estimate of drug-likeness (QED) is 0.876. The first-order valence-corrected chi connectivity index (χ1v) is 9.11. The Morgan fingerprint density at radius 3 is 2.76 bits per heavy atom. The number of piperidine rings is 1. The van der Waals surface area contributed by atoms with E-state index in [0.29, 0.717) is 25.3 Å². The molecule has 5 nitrogen and oxygen atoms in total. The van der Waals surface area contributed by atoms with E-state index in [0.717, 1.165) is 17.7 Å². The molecule has 1 aliphatic heterocycles. The fourth-order valence-electron chi connectivity index (χ4n) is 2.84. The van der Waals surface area contributed by atoms with E-state index in [1.54, 1.807) is 16.2 Å². The maximum atomic E-state index is 12.9. The summed E-state index contributed by atoms with van der Waals surface area (Å²) in [4.78, 5) is 27.5. The number of halogens is 1. The average molecular weight is 361 g/mol. The van der Waals surface area contributed by atoms with Gasteiger partial charge in [-0.15, -0.1) is 11.3 Å². The molecule has 2 heterocycles. The van der Waals surface area contributed by atoms with E-state index in [1.807, 2.05) is 17.5 Å². The summed E-state index contributed by atoms with van der Waals surface area (Å²) < 4.78 is 12.9. The molecule has 0 aliphatic carbocycles. The second kappa shape index (κ2) is 8.11. The van der Waals surface area contributed by atoms with Crippen molar-refractivity contribution in [2.45, 2.75) is 19.4 Å². The van der Waals surface area contributed by atoms with Gasteiger partial charge in [-0.05, 0) is 48.6 Å². The van der Waals surface area contributed by atoms with Crippen LogP contribution in [-0.4, -0.2) is 29.9 Å². The fourth-order valence-corrected chi connectivity index (χ4v) is 3.49. The van der Waals surface area contributed by atoms with E-state index in [-0.39, 0.29) is 23.7 Å². The van der Waals surface area contributed by atoms with E-state index < -0.39 is 0 Å². The van der Waals surface area contributed by atoms with Gasteiger partial charge in [0.15, 0.2) is 0 Å². The number of likely N-dealkylation sites (tertiary alicyclic amines) is 1. The molecule has 3 amide bonds. The Bertz CT molecular complexity index is 718. The molecule has 2 N–H and O–H groups in total. The van der Waals surface area contributed by atoms with E-state index in [4.69, 9.17) is 0 Å². The summed E-state index contributed by atoms with van der Waals surface area (Å²) in [5, 5.41) is 7.66. The van der Waals surface area contributed by atoms with Crippen molar-refractivity contribution in [2.75, 3.05) is 18.4 Å². The number of urea groups is 1. The first kappa shape index (κ1) is 17.4. The summed E-state index contributed by atoms with van der Waals surface area (Å²) in [6.45, 7) is 1.54. The lowest BCUT2D eigenvalue weighted by Crippen LogP contribution is -2.47. The number of nitrogens with zero attached hydrogens (tertiary/aromatic N) is 1. The molecule has 0 bridgehead atoms. The summed E-state index contributed by atoms with van der Waals surface area (Å²) in [6.07, 6.45) is 1.52. The van der Waals surface area contributed by atoms with Crippen molar-refractivity contribution in [1.82, 2.24) is 10.2 Å². The van der Waals surface area contributed by atoms with Gasteiger partial charge < -0.3 is 15.5 Å². The second-order valence-electron chi connectivity index (χ2n) is 6.02. The maximum absolute atomic E-state index is 12.9. The smallest absolute Gasteiger partial charge is 0.317 e. The van der Waals surface area contributed by atoms with Gasteiger partial charge in [-0.1, -0.05) is 6.07 Å². The highest BCUT2D eigenvalue weighted by atomic mass is 32.1. The Morgan fingerprint density at radius 2 is 2.04 bits per heavy atom. The molecule has 132 valence electrons. The zero-order chi connectivity index (χ0) is 17.6. The lowest BCUT2D eigenvalue weighted by Gasteiger charge is -2.32. The van der Waals surface area contributed by atoms with Gasteiger partial charge in [-0.25, -0.2) is 9.18 Å². The van der Waals surface area contributed by atoms with E-state index in [2.05, 4.69) is 10.6 Å². The molecular weight excluding hydrogens is 341 g/mol. The van der Waals surface area contributed by atoms with E-state index >= 15 is 0 Å². The normalized spacial score (nSPS) is 17.2. The molecule has 1 saturated heterocycles. The van der Waals surface area contributed by atoms with Crippen LogP contribution in [0.2, 0.25) is 0 Å². The second-order valence-corrected chi connectivity index (χ2v) is 7.05. The maximum Gasteiger partial charge on any atom is 0.317 e. The van der Waals surface area contributed by atoms with Gasteiger partial charge in [0.1, 0.15) is 5.82 Å². The number of carbonyl (C=O) groups excluding carboxylic acids is 2. The zero-order valence-electron chi connectivity index (χ0n) is 13.7. The molecular formula is C18H20FN3O2S. The summed E-state index contributed by atoms with van der Waals surface area (Å²) in [5.74, 6) is -0.738. The van der Waals surface area contributed by atoms with Gasteiger partial charge in [0.25, 0.3) is 0 Å². The van der Waals surface area contributed by atoms with Crippen LogP contribution in [0.1, 0.15) is 17.7 Å². The first-order chi connectivity index (χ1) is 12.1. The highest BCUT2D eigenvalue weighted by Gasteiger charge is 2.28. The number of hydrogen-bond acceptors (Lipinski definition) is 3. The Morgan fingerprint density at radius 1 is 1.24 bits per heavy atom. The van der Waals surface area contributed by atoms with Crippen molar-refractivity contribution in [3.63, 3.8) is 0 Å². The molecule has 1 aliphatic rings. The first-order valence-electron chi connectivity index (χ1n) is 8.23. The summed E-state index contributed by atoms with van der Waals surface area (Å²) in [5.41, 5.74) is 0.561. The van der Waals surface area contributed by atoms with Crippen molar-refractivity contribution in [3.05, 3.63) is 52.5 Å². The predicted octanol–water partition coefficient (Wildman–Crippen LogP) is 3.45. The third-order valence-corrected chi connectivity index (χ3v) is 5.06. The van der Waals surface area contributed by atoms with Crippen LogP contribution in [0.5, 0.6) is 0 Å². The number of nitrogens with one attached hydrogen (secondary N) is 2. The minimum atomic E-state index is -0.343. The van der Waals surface area contributed by atoms with Crippen LogP contribution in [0.25, 0.3) is 0 Å². The van der Waals surface area contributed by atoms with Gasteiger partial charge in [-0.3, -0.25) is 4.79 Å². The van der Waals surface area contributed by atoms with Crippen molar-refractivity contribution < 1.29 is 14.0 Å². The van der Waals surface area contributed by atoms with Crippen molar-refractivity contribution in [3.8, 4) is 0 Å². The van der Waals surface area contributed by atoms with Crippen LogP contribution in [-0.2, 0) is 11.3 Å². The van der Waals surface area contributed by atoms with Crippen LogP contribution < -0.4 is 10.6 Å². The Kier molecular flexibility index (Phi) is 5.65. The van der Waals surface area contributed by atoms with Gasteiger partial charge in [-0.2, -0.15) is 0 Å². The number of hydrogen-bond donors (Lipinski definition) is 2. The molecule has 0 radical (unpaired) electrons. The van der Waals surface area contributed by atoms with Gasteiger partial charge in [0.2, 0.25) is 5.91 Å². The van der Waals surface area contributed by atoms with Crippen LogP contribution in [0.15, 0.2) is 41.8 Å². The van der Waals surface area contributed by atoms with Gasteiger partial charge in [0, 0.05) is 23.7 Å². The van der Waals surface area contributed by atoms with E-state index in [1.165, 1.54) is 24.3 Å². The number of anilines is 1. The minimum absolute atomic E-state index is 0.137. The van der Waals surface area contributed by atoms with E-state index in [9.17, 15) is 14.0 Å². The standard InChI is InChI=1S/C18H20FN3O2S/c19-14-5-7-15(8-6-14)21-17(23)13-3-1-9-22(12-13)18(24)20-11-16-4-2-10-25-16/h2,4-8,10,13H,1,3,9,11-12H2,(H,20,24)(H,21,23). The third kappa shape index (κ3) is 4.79. The van der Waals surface area contributed by atoms with Gasteiger partial charge in [0.05, 0.1) is 12.5 Å². The molecule has 1 unspecified atom stereocenters. The molecule has 25 heavy (non-hydrogen) atoms. The average Bonchev–Trinajstić information content (AvgIpc) is 3.15. The molecule has 3 rings (SSSR count). The predicted molar refractivity (Wildman–Crippen MR) is 95.9 cm³/mol. The van der Waals surface area contributed by atoms with Crippen LogP contribution in [0.4, 0.5) is 14.9 Å². The lowest BCUT2D eigenvalue weighted by molar-refractivity contribution is -0.121. The number of benzene rings is 1. The molecule has 1 aromatic heterocycles. The van der Waals surface area contributed by atoms with Crippen molar-refractivity contribution >= 4 is 29.0 Å². The zero-order valence-corrected chi connectivity index (χ0v) is 14.5. The fraction of sp³-hybridized carbons (Fsp3) is 0.333. The Balaban J connectivity index is 1.52. The van der Waals surface area contributed by atoms with Crippen molar-refractivity contribution in [2.24, 2.45) is 5.92 Å². The van der Waals surface area contributed by atoms with Crippen LogP contribution >= 0.6 is 11.3 Å². The van der Waals surface area contributed by atoms with Crippen LogP contribution in [0, 0.1) is 11.7 Å². The minimum Gasteiger partial charge on any atom is -0.333 e. The molecule has 1 fully saturated rings. The van der Waals surface area contributed by atoms with Crippen LogP contribution in [0.3, 0.4) is 0 Å². The number of thiophene rings is 1. The molecule has 7 heteroatoms. The van der Waals surface area contributed by atoms with Gasteiger partial charge >= 0.3 is 6.03 Å². The monoisotopic (exact) mass is 361 g/mol. The Hall–Kier alpha value is -2.41. The number of rotatable bonds is 4. The molecule has 1 aromatic carbocycles. The molecule has 0 spiro atoms. The SMILES string of the molecule is O=C(Nc1ccc(F)cc1)C1CCCN(C(=O)NCc2cccs2)C1. The third-order valence-electron chi connectivity index (χ3n) is 4.19. The number of carbonyl (C=O) groups is 2. The van der Waals surface area contributed by atoms with Crippen molar-refractivity contribution in [1.29, 1.82) is 0 Å². The summed E-state index contributed by atoms with van der Waals surface area (Å²) >= 11 is 1.60. The molecule has 1 atom stereocenters. The number of amides is 3. The highest BCUT2D eigenvalue weighted by molar-refractivity contribution is 7.09. The molecule has 0 saturated carbocycles. The Labute approximate surface area is 149 Å². The summed E-state index contributed by atoms with van der Waals surface area (Å²) in [7, 11) is 0. The topological polar surface area (TPSA) is 61.4 Å². The summed E-state index contributed by atoms with van der Waals surface area (Å²) in [6, 6.07) is 9.45. The highest BCUT2D eigenvalue weighted by Crippen LogP contribution is 2.19.